The molecule has 4 N–H and O–H groups in total. The van der Waals surface area contributed by atoms with E-state index in [4.69, 9.17) is 11.6 Å². The summed E-state index contributed by atoms with van der Waals surface area (Å²) in [5, 5.41) is 1.66. The molecule has 1 rings (SSSR count). The van der Waals surface area contributed by atoms with Gasteiger partial charge < -0.3 is 20.3 Å². The number of hydrazine groups is 1. The van der Waals surface area contributed by atoms with Crippen molar-refractivity contribution in [1.29, 1.82) is 0 Å². The Kier molecular flexibility index (Phi) is 7.78. The van der Waals surface area contributed by atoms with E-state index in [0.29, 0.717) is 18.2 Å². The highest BCUT2D eigenvalue weighted by Crippen LogP contribution is 2.33. The summed E-state index contributed by atoms with van der Waals surface area (Å²) in [4.78, 5) is 19.4. The summed E-state index contributed by atoms with van der Waals surface area (Å²) >= 11 is 0. The van der Waals surface area contributed by atoms with Gasteiger partial charge >= 0.3 is 5.97 Å². The van der Waals surface area contributed by atoms with Gasteiger partial charge in [0.05, 0.1) is 7.11 Å². The highest BCUT2D eigenvalue weighted by Gasteiger charge is 2.24. The Bertz CT molecular complexity index is 299. The zero-order valence-corrected chi connectivity index (χ0v) is 11.3. The van der Waals surface area contributed by atoms with Crippen molar-refractivity contribution in [2.45, 2.75) is 39.2 Å². The number of carbonyl (C=O) groups excluding carboxylic acids is 2. The molecule has 1 aliphatic carbocycles. The zero-order valence-electron chi connectivity index (χ0n) is 11.3. The maximum Gasteiger partial charge on any atom is 0.312 e. The second-order valence-electron chi connectivity index (χ2n) is 4.39. The Morgan fingerprint density at radius 2 is 2.06 bits per heavy atom. The van der Waals surface area contributed by atoms with Crippen molar-refractivity contribution in [1.82, 2.24) is 5.01 Å². The number of hydrogen-bond acceptors (Lipinski definition) is 6. The van der Waals surface area contributed by atoms with Gasteiger partial charge in [-0.25, -0.2) is 5.84 Å². The van der Waals surface area contributed by atoms with E-state index in [1.54, 1.807) is 5.01 Å². The Hall–Kier alpha value is -1.56. The summed E-state index contributed by atoms with van der Waals surface area (Å²) < 4.78 is 4.12. The standard InChI is InChI=1S/C8H17N3.C4H6O3/c1-6(2)11(10)5-8(9)7-3-4-7;1-7-4(6)2-3-5/h5-7H,3-4,9-10H2,1-2H3;3H,2H2,1H3/b8-5-;. The lowest BCUT2D eigenvalue weighted by molar-refractivity contribution is -0.141. The van der Waals surface area contributed by atoms with E-state index < -0.39 is 5.97 Å². The van der Waals surface area contributed by atoms with Crippen molar-refractivity contribution < 1.29 is 14.3 Å². The molecule has 0 aliphatic heterocycles. The molecule has 0 aromatic carbocycles. The van der Waals surface area contributed by atoms with E-state index in [1.165, 1.54) is 20.0 Å². The number of nitrogens with zero attached hydrogens (tertiary/aromatic N) is 1. The van der Waals surface area contributed by atoms with Gasteiger partial charge in [0, 0.05) is 23.9 Å². The fourth-order valence-electron chi connectivity index (χ4n) is 0.995. The van der Waals surface area contributed by atoms with E-state index in [1.807, 2.05) is 20.0 Å². The highest BCUT2D eigenvalue weighted by molar-refractivity contribution is 5.83. The fourth-order valence-corrected chi connectivity index (χ4v) is 0.995. The molecule has 6 heteroatoms. The van der Waals surface area contributed by atoms with Crippen LogP contribution in [0.25, 0.3) is 0 Å². The molecule has 0 radical (unpaired) electrons. The summed E-state index contributed by atoms with van der Waals surface area (Å²) in [5.41, 5.74) is 6.69. The average Bonchev–Trinajstić information content (AvgIpc) is 3.13. The SMILES string of the molecule is CC(C)N(N)/C=C(\N)C1CC1.COC(=O)CC=O. The van der Waals surface area contributed by atoms with Crippen LogP contribution in [0, 0.1) is 5.92 Å². The highest BCUT2D eigenvalue weighted by atomic mass is 16.5. The van der Waals surface area contributed by atoms with Gasteiger partial charge in [0.1, 0.15) is 12.7 Å². The van der Waals surface area contributed by atoms with E-state index in [9.17, 15) is 9.59 Å². The Morgan fingerprint density at radius 1 is 1.50 bits per heavy atom. The van der Waals surface area contributed by atoms with Gasteiger partial charge in [-0.2, -0.15) is 0 Å². The van der Waals surface area contributed by atoms with Crippen molar-refractivity contribution in [2.24, 2.45) is 17.5 Å². The summed E-state index contributed by atoms with van der Waals surface area (Å²) in [6, 6.07) is 0.326. The molecule has 0 unspecified atom stereocenters. The summed E-state index contributed by atoms with van der Waals surface area (Å²) in [5.74, 6) is 5.78. The van der Waals surface area contributed by atoms with E-state index in [2.05, 4.69) is 4.74 Å². The molecule has 0 aromatic heterocycles. The van der Waals surface area contributed by atoms with Crippen LogP contribution in [0.3, 0.4) is 0 Å². The van der Waals surface area contributed by atoms with Gasteiger partial charge in [-0.15, -0.1) is 0 Å². The van der Waals surface area contributed by atoms with Crippen LogP contribution in [-0.2, 0) is 14.3 Å². The maximum absolute atomic E-state index is 9.96. The number of allylic oxidation sites excluding steroid dienone is 1. The number of methoxy groups -OCH3 is 1. The molecular formula is C12H23N3O3. The first kappa shape index (κ1) is 16.4. The van der Waals surface area contributed by atoms with Gasteiger partial charge in [-0.1, -0.05) is 0 Å². The molecule has 1 saturated carbocycles. The van der Waals surface area contributed by atoms with E-state index in [-0.39, 0.29) is 6.42 Å². The second kappa shape index (κ2) is 8.52. The molecule has 0 atom stereocenters. The summed E-state index contributed by atoms with van der Waals surface area (Å²) in [7, 11) is 1.24. The first-order valence-electron chi connectivity index (χ1n) is 5.93. The largest absolute Gasteiger partial charge is 0.469 e. The zero-order chi connectivity index (χ0) is 14.1. The number of nitrogens with two attached hydrogens (primary N) is 2. The quantitative estimate of drug-likeness (QED) is 0.245. The number of ether oxygens (including phenoxy) is 1. The Morgan fingerprint density at radius 3 is 2.33 bits per heavy atom. The lowest BCUT2D eigenvalue weighted by Crippen LogP contribution is -2.33. The predicted octanol–water partition coefficient (Wildman–Crippen LogP) is 0.529. The van der Waals surface area contributed by atoms with Gasteiger partial charge in [0.15, 0.2) is 0 Å². The third-order valence-corrected chi connectivity index (χ3v) is 2.42. The van der Waals surface area contributed by atoms with Crippen molar-refractivity contribution in [3.05, 3.63) is 11.9 Å². The molecule has 18 heavy (non-hydrogen) atoms. The lowest BCUT2D eigenvalue weighted by atomic mass is 10.3. The number of aldehydes is 1. The van der Waals surface area contributed by atoms with Crippen LogP contribution in [0.15, 0.2) is 11.9 Å². The normalized spacial score (nSPS) is 14.6. The van der Waals surface area contributed by atoms with E-state index >= 15 is 0 Å². The van der Waals surface area contributed by atoms with Crippen LogP contribution >= 0.6 is 0 Å². The third-order valence-electron chi connectivity index (χ3n) is 2.42. The molecule has 0 saturated heterocycles. The molecule has 0 aromatic rings. The monoisotopic (exact) mass is 257 g/mol. The Balaban J connectivity index is 0.000000360. The van der Waals surface area contributed by atoms with Gasteiger partial charge in [0.25, 0.3) is 0 Å². The smallest absolute Gasteiger partial charge is 0.312 e. The molecule has 1 fully saturated rings. The average molecular weight is 257 g/mol. The number of esters is 1. The molecule has 6 nitrogen and oxygen atoms in total. The van der Waals surface area contributed by atoms with Crippen molar-refractivity contribution in [3.63, 3.8) is 0 Å². The molecule has 104 valence electrons. The lowest BCUT2D eigenvalue weighted by Gasteiger charge is -2.18. The number of carbonyl (C=O) groups is 2. The first-order chi connectivity index (χ1) is 8.42. The molecular weight excluding hydrogens is 234 g/mol. The van der Waals surface area contributed by atoms with Crippen molar-refractivity contribution in [3.8, 4) is 0 Å². The topological polar surface area (TPSA) is 98.7 Å². The van der Waals surface area contributed by atoms with Gasteiger partial charge in [0.2, 0.25) is 0 Å². The minimum Gasteiger partial charge on any atom is -0.469 e. The van der Waals surface area contributed by atoms with Gasteiger partial charge in [-0.3, -0.25) is 4.79 Å². The third kappa shape index (κ3) is 7.67. The predicted molar refractivity (Wildman–Crippen MR) is 68.9 cm³/mol. The van der Waals surface area contributed by atoms with Crippen molar-refractivity contribution in [2.75, 3.05) is 7.11 Å². The van der Waals surface area contributed by atoms with E-state index in [0.717, 1.165) is 5.70 Å². The molecule has 0 spiro atoms. The van der Waals surface area contributed by atoms with Crippen LogP contribution in [0.2, 0.25) is 0 Å². The number of hydrogen-bond donors (Lipinski definition) is 2. The summed E-state index contributed by atoms with van der Waals surface area (Å²) in [6.45, 7) is 4.08. The van der Waals surface area contributed by atoms with Crippen LogP contribution in [0.4, 0.5) is 0 Å². The van der Waals surface area contributed by atoms with Gasteiger partial charge in [-0.05, 0) is 26.7 Å². The second-order valence-corrected chi connectivity index (χ2v) is 4.39. The molecule has 0 amide bonds. The van der Waals surface area contributed by atoms with Crippen LogP contribution in [-0.4, -0.2) is 30.4 Å². The molecule has 0 bridgehead atoms. The minimum atomic E-state index is -0.491. The van der Waals surface area contributed by atoms with Crippen LogP contribution in [0.5, 0.6) is 0 Å². The summed E-state index contributed by atoms with van der Waals surface area (Å²) in [6.07, 6.45) is 4.67. The molecule has 0 heterocycles. The maximum atomic E-state index is 9.96. The number of rotatable bonds is 5. The fraction of sp³-hybridized carbons (Fsp3) is 0.667. The first-order valence-corrected chi connectivity index (χ1v) is 5.93. The van der Waals surface area contributed by atoms with Crippen LogP contribution < -0.4 is 11.6 Å². The minimum absolute atomic E-state index is 0.142. The van der Waals surface area contributed by atoms with Crippen LogP contribution in [0.1, 0.15) is 33.1 Å². The van der Waals surface area contributed by atoms with Crippen molar-refractivity contribution >= 4 is 12.3 Å². The Labute approximate surface area is 108 Å². The molecule has 1 aliphatic rings.